The number of carboxylic acids is 1. The van der Waals surface area contributed by atoms with Crippen molar-refractivity contribution in [1.29, 1.82) is 0 Å². The molecule has 1 aromatic rings. The molecule has 0 bridgehead atoms. The highest BCUT2D eigenvalue weighted by Gasteiger charge is 2.21. The van der Waals surface area contributed by atoms with Gasteiger partial charge in [-0.25, -0.2) is 17.9 Å². The van der Waals surface area contributed by atoms with Crippen LogP contribution in [0.15, 0.2) is 23.1 Å². The Morgan fingerprint density at radius 3 is 2.53 bits per heavy atom. The maximum Gasteiger partial charge on any atom is 0.335 e. The molecule has 0 heterocycles. The van der Waals surface area contributed by atoms with Gasteiger partial charge >= 0.3 is 5.97 Å². The number of anilines is 1. The molecule has 0 aliphatic heterocycles. The normalized spacial score (nSPS) is 13.2. The largest absolute Gasteiger partial charge is 0.478 e. The molecule has 1 unspecified atom stereocenters. The molecule has 1 atom stereocenters. The van der Waals surface area contributed by atoms with E-state index in [0.717, 1.165) is 18.2 Å². The summed E-state index contributed by atoms with van der Waals surface area (Å²) in [5.41, 5.74) is 5.31. The Bertz CT molecular complexity index is 566. The van der Waals surface area contributed by atoms with E-state index in [2.05, 4.69) is 4.72 Å². The first-order valence-corrected chi connectivity index (χ1v) is 7.06. The zero-order valence-electron chi connectivity index (χ0n) is 10.3. The lowest BCUT2D eigenvalue weighted by atomic mass is 10.2. The summed E-state index contributed by atoms with van der Waals surface area (Å²) in [6.45, 7) is 1.39. The number of benzene rings is 1. The quantitative estimate of drug-likeness (QED) is 0.546. The first kappa shape index (κ1) is 15.4. The molecule has 0 aliphatic carbocycles. The van der Waals surface area contributed by atoms with Crippen LogP contribution in [-0.2, 0) is 10.0 Å². The Kier molecular flexibility index (Phi) is 4.87. The summed E-state index contributed by atoms with van der Waals surface area (Å²) >= 11 is 0. The van der Waals surface area contributed by atoms with Gasteiger partial charge in [-0.05, 0) is 24.6 Å². The number of aliphatic hydroxyl groups is 1. The summed E-state index contributed by atoms with van der Waals surface area (Å²) in [4.78, 5) is 10.5. The Hall–Kier alpha value is -1.64. The van der Waals surface area contributed by atoms with Crippen molar-refractivity contribution in [3.8, 4) is 0 Å². The van der Waals surface area contributed by atoms with Crippen molar-refractivity contribution in [3.05, 3.63) is 23.8 Å². The second kappa shape index (κ2) is 6.00. The maximum absolute atomic E-state index is 12.0. The number of carbonyl (C=O) groups is 1. The molecule has 0 aliphatic rings. The van der Waals surface area contributed by atoms with E-state index in [-0.39, 0.29) is 22.8 Å². The van der Waals surface area contributed by atoms with Crippen LogP contribution < -0.4 is 10.5 Å². The van der Waals surface area contributed by atoms with E-state index >= 15 is 0 Å². The highest BCUT2D eigenvalue weighted by Crippen LogP contribution is 2.20. The Morgan fingerprint density at radius 1 is 1.47 bits per heavy atom. The van der Waals surface area contributed by atoms with E-state index in [1.165, 1.54) is 0 Å². The van der Waals surface area contributed by atoms with Crippen molar-refractivity contribution in [3.63, 3.8) is 0 Å². The van der Waals surface area contributed by atoms with Gasteiger partial charge in [-0.15, -0.1) is 0 Å². The van der Waals surface area contributed by atoms with E-state index < -0.39 is 22.0 Å². The molecule has 5 N–H and O–H groups in total. The number of nitrogen functional groups attached to an aromatic ring is 1. The fourth-order valence-corrected chi connectivity index (χ4v) is 2.88. The second-order valence-electron chi connectivity index (χ2n) is 3.97. The highest BCUT2D eigenvalue weighted by molar-refractivity contribution is 7.89. The summed E-state index contributed by atoms with van der Waals surface area (Å²) < 4.78 is 26.3. The number of aliphatic hydroxyl groups excluding tert-OH is 1. The molecule has 0 radical (unpaired) electrons. The number of hydrogen-bond donors (Lipinski definition) is 4. The highest BCUT2D eigenvalue weighted by atomic mass is 32.2. The van der Waals surface area contributed by atoms with E-state index in [4.69, 9.17) is 15.9 Å². The molecule has 106 valence electrons. The van der Waals surface area contributed by atoms with Crippen molar-refractivity contribution in [2.45, 2.75) is 24.3 Å². The van der Waals surface area contributed by atoms with Gasteiger partial charge in [0.2, 0.25) is 10.0 Å². The predicted molar refractivity (Wildman–Crippen MR) is 69.3 cm³/mol. The lowest BCUT2D eigenvalue weighted by Gasteiger charge is -2.15. The Balaban J connectivity index is 3.12. The third-order valence-corrected chi connectivity index (χ3v) is 4.18. The van der Waals surface area contributed by atoms with Crippen LogP contribution in [0.4, 0.5) is 5.69 Å². The van der Waals surface area contributed by atoms with Gasteiger partial charge in [-0.2, -0.15) is 0 Å². The topological polar surface area (TPSA) is 130 Å². The predicted octanol–water partition coefficient (Wildman–Crippen LogP) is 0.0162. The van der Waals surface area contributed by atoms with Crippen LogP contribution in [0.5, 0.6) is 0 Å². The molecule has 7 nitrogen and oxygen atoms in total. The summed E-state index contributed by atoms with van der Waals surface area (Å²) in [5.74, 6) is -1.19. The fourth-order valence-electron chi connectivity index (χ4n) is 1.46. The Morgan fingerprint density at radius 2 is 2.11 bits per heavy atom. The molecule has 0 saturated heterocycles. The van der Waals surface area contributed by atoms with Crippen LogP contribution in [0, 0.1) is 0 Å². The lowest BCUT2D eigenvalue weighted by molar-refractivity contribution is 0.0697. The number of hydrogen-bond acceptors (Lipinski definition) is 5. The van der Waals surface area contributed by atoms with Gasteiger partial charge < -0.3 is 15.9 Å². The smallest absolute Gasteiger partial charge is 0.335 e. The summed E-state index contributed by atoms with van der Waals surface area (Å²) in [6, 6.07) is 2.76. The maximum atomic E-state index is 12.0. The van der Waals surface area contributed by atoms with Crippen molar-refractivity contribution < 1.29 is 23.4 Å². The minimum Gasteiger partial charge on any atom is -0.478 e. The number of aromatic carboxylic acids is 1. The van der Waals surface area contributed by atoms with Gasteiger partial charge in [0, 0.05) is 6.04 Å². The summed E-state index contributed by atoms with van der Waals surface area (Å²) in [5, 5.41) is 17.8. The molecule has 0 fully saturated rings. The zero-order chi connectivity index (χ0) is 14.6. The molecule has 0 amide bonds. The molecule has 0 spiro atoms. The molecule has 8 heteroatoms. The number of nitrogens with one attached hydrogen (secondary N) is 1. The number of nitrogens with two attached hydrogens (primary N) is 1. The third-order valence-electron chi connectivity index (χ3n) is 2.58. The standard InChI is InChI=1S/C11H16N2O5S/c1-2-8(6-14)13-19(17,18)10-4-3-7(11(15)16)5-9(10)12/h3-5,8,13-14H,2,6,12H2,1H3,(H,15,16). The molecular weight excluding hydrogens is 272 g/mol. The molecule has 0 saturated carbocycles. The molecule has 1 rings (SSSR count). The van der Waals surface area contributed by atoms with Gasteiger partial charge in [0.15, 0.2) is 0 Å². The number of rotatable bonds is 6. The summed E-state index contributed by atoms with van der Waals surface area (Å²) in [7, 11) is -3.88. The van der Waals surface area contributed by atoms with E-state index in [9.17, 15) is 13.2 Å². The summed E-state index contributed by atoms with van der Waals surface area (Å²) in [6.07, 6.45) is 0.419. The van der Waals surface area contributed by atoms with Crippen molar-refractivity contribution in [1.82, 2.24) is 4.72 Å². The Labute approximate surface area is 111 Å². The molecule has 0 aromatic heterocycles. The number of sulfonamides is 1. The number of carboxylic acid groups (broad SMARTS) is 1. The average Bonchev–Trinajstić information content (AvgIpc) is 2.35. The van der Waals surface area contributed by atoms with Crippen LogP contribution >= 0.6 is 0 Å². The SMILES string of the molecule is CCC(CO)NS(=O)(=O)c1ccc(C(=O)O)cc1N. The first-order chi connectivity index (χ1) is 8.81. The van der Waals surface area contributed by atoms with E-state index in [1.54, 1.807) is 6.92 Å². The van der Waals surface area contributed by atoms with E-state index in [0.29, 0.717) is 6.42 Å². The molecule has 19 heavy (non-hydrogen) atoms. The molecular formula is C11H16N2O5S. The zero-order valence-corrected chi connectivity index (χ0v) is 11.1. The monoisotopic (exact) mass is 288 g/mol. The fraction of sp³-hybridized carbons (Fsp3) is 0.364. The van der Waals surface area contributed by atoms with Gasteiger partial charge in [0.1, 0.15) is 4.90 Å². The molecule has 1 aromatic carbocycles. The van der Waals surface area contributed by atoms with Crippen LogP contribution in [0.2, 0.25) is 0 Å². The van der Waals surface area contributed by atoms with Crippen LogP contribution in [0.3, 0.4) is 0 Å². The first-order valence-electron chi connectivity index (χ1n) is 5.57. The minimum atomic E-state index is -3.88. The van der Waals surface area contributed by atoms with E-state index in [1.807, 2.05) is 0 Å². The average molecular weight is 288 g/mol. The van der Waals surface area contributed by atoms with Crippen LogP contribution in [0.25, 0.3) is 0 Å². The third kappa shape index (κ3) is 3.66. The second-order valence-corrected chi connectivity index (χ2v) is 5.65. The van der Waals surface area contributed by atoms with Crippen molar-refractivity contribution >= 4 is 21.7 Å². The van der Waals surface area contributed by atoms with Crippen molar-refractivity contribution in [2.75, 3.05) is 12.3 Å². The van der Waals surface area contributed by atoms with Gasteiger partial charge in [-0.1, -0.05) is 6.92 Å². The van der Waals surface area contributed by atoms with Crippen LogP contribution in [0.1, 0.15) is 23.7 Å². The van der Waals surface area contributed by atoms with Gasteiger partial charge in [0.25, 0.3) is 0 Å². The lowest BCUT2D eigenvalue weighted by Crippen LogP contribution is -2.37. The van der Waals surface area contributed by atoms with Gasteiger partial charge in [0.05, 0.1) is 17.9 Å². The van der Waals surface area contributed by atoms with Crippen LogP contribution in [-0.4, -0.2) is 37.2 Å². The minimum absolute atomic E-state index is 0.0920. The van der Waals surface area contributed by atoms with Crippen molar-refractivity contribution in [2.24, 2.45) is 0 Å². The van der Waals surface area contributed by atoms with Gasteiger partial charge in [-0.3, -0.25) is 0 Å².